The van der Waals surface area contributed by atoms with E-state index < -0.39 is 10.8 Å². The van der Waals surface area contributed by atoms with Gasteiger partial charge in [0.25, 0.3) is 0 Å². The molecule has 2 aliphatic rings. The summed E-state index contributed by atoms with van der Waals surface area (Å²) in [7, 11) is -0.458. The largest absolute Gasteiger partial charge is 0.259 e. The van der Waals surface area contributed by atoms with E-state index >= 15 is 0 Å². The van der Waals surface area contributed by atoms with Gasteiger partial charge in [-0.1, -0.05) is 19.8 Å². The molecular formula is C10H18OS. The lowest BCUT2D eigenvalue weighted by molar-refractivity contribution is 0.349. The van der Waals surface area contributed by atoms with Gasteiger partial charge in [0.15, 0.2) is 0 Å². The van der Waals surface area contributed by atoms with Crippen LogP contribution in [0.5, 0.6) is 0 Å². The molecular weight excluding hydrogens is 168 g/mol. The molecule has 2 atom stereocenters. The van der Waals surface area contributed by atoms with Crippen LogP contribution in [0.4, 0.5) is 0 Å². The summed E-state index contributed by atoms with van der Waals surface area (Å²) in [5.41, 5.74) is 0. The van der Waals surface area contributed by atoms with E-state index in [9.17, 15) is 4.21 Å². The Morgan fingerprint density at radius 3 is 2.33 bits per heavy atom. The molecule has 0 aliphatic carbocycles. The number of hydrogen-bond donors (Lipinski definition) is 0. The molecule has 0 aromatic carbocycles. The lowest BCUT2D eigenvalue weighted by Crippen LogP contribution is -2.38. The number of rotatable bonds is 1. The summed E-state index contributed by atoms with van der Waals surface area (Å²) in [6.07, 6.45) is 7.60. The van der Waals surface area contributed by atoms with Crippen LogP contribution < -0.4 is 0 Å². The second kappa shape index (κ2) is 3.49. The van der Waals surface area contributed by atoms with Crippen molar-refractivity contribution in [1.82, 2.24) is 0 Å². The fourth-order valence-electron chi connectivity index (χ4n) is 2.68. The van der Waals surface area contributed by atoms with Crippen molar-refractivity contribution in [2.75, 3.05) is 0 Å². The van der Waals surface area contributed by atoms with Crippen LogP contribution in [0.2, 0.25) is 0 Å². The fourth-order valence-corrected chi connectivity index (χ4v) is 4.94. The molecule has 2 aliphatic heterocycles. The average Bonchev–Trinajstić information content (AvgIpc) is 2.04. The molecule has 70 valence electrons. The van der Waals surface area contributed by atoms with E-state index in [1.165, 1.54) is 38.5 Å². The quantitative estimate of drug-likeness (QED) is 0.615. The Morgan fingerprint density at radius 2 is 1.83 bits per heavy atom. The smallest absolute Gasteiger partial charge is 0.0353 e. The van der Waals surface area contributed by atoms with Gasteiger partial charge in [-0.05, 0) is 31.6 Å². The maximum atomic E-state index is 11.8. The Morgan fingerprint density at radius 1 is 1.25 bits per heavy atom. The van der Waals surface area contributed by atoms with Crippen LogP contribution in [-0.2, 0) is 10.8 Å². The van der Waals surface area contributed by atoms with E-state index in [0.29, 0.717) is 10.5 Å². The van der Waals surface area contributed by atoms with Gasteiger partial charge < -0.3 is 0 Å². The molecule has 2 unspecified atom stereocenters. The van der Waals surface area contributed by atoms with Crippen molar-refractivity contribution in [3.05, 3.63) is 0 Å². The number of fused-ring (bicyclic) bond motifs is 2. The van der Waals surface area contributed by atoms with Crippen LogP contribution in [0.3, 0.4) is 0 Å². The van der Waals surface area contributed by atoms with Gasteiger partial charge in [-0.25, -0.2) is 0 Å². The fraction of sp³-hybridized carbons (Fsp3) is 1.00. The zero-order chi connectivity index (χ0) is 8.55. The van der Waals surface area contributed by atoms with Crippen molar-refractivity contribution < 1.29 is 4.21 Å². The van der Waals surface area contributed by atoms with Gasteiger partial charge in [-0.3, -0.25) is 4.21 Å². The van der Waals surface area contributed by atoms with Crippen LogP contribution in [-0.4, -0.2) is 14.7 Å². The molecule has 2 bridgehead atoms. The summed E-state index contributed by atoms with van der Waals surface area (Å²) in [6, 6.07) is 0. The Labute approximate surface area is 77.4 Å². The van der Waals surface area contributed by atoms with E-state index in [0.717, 1.165) is 5.92 Å². The van der Waals surface area contributed by atoms with Crippen LogP contribution in [0.15, 0.2) is 0 Å². The lowest BCUT2D eigenvalue weighted by atomic mass is 9.88. The minimum absolute atomic E-state index is 0.458. The molecule has 0 N–H and O–H groups in total. The van der Waals surface area contributed by atoms with Crippen LogP contribution in [0, 0.1) is 5.92 Å². The Hall–Kier alpha value is 0.150. The van der Waals surface area contributed by atoms with Gasteiger partial charge in [0.05, 0.1) is 0 Å². The minimum atomic E-state index is -0.458. The first-order chi connectivity index (χ1) is 5.81. The van der Waals surface area contributed by atoms with E-state index in [2.05, 4.69) is 6.92 Å². The molecule has 0 saturated carbocycles. The van der Waals surface area contributed by atoms with Gasteiger partial charge >= 0.3 is 0 Å². The first kappa shape index (κ1) is 8.74. The van der Waals surface area contributed by atoms with E-state index in [4.69, 9.17) is 0 Å². The summed E-state index contributed by atoms with van der Waals surface area (Å²) in [4.78, 5) is 0. The standard InChI is InChI=1S/C10H18OS/c1-2-8-6-9-4-3-5-10(7-8)12(9)11/h8-10H,2-7H2,1H3. The molecule has 12 heavy (non-hydrogen) atoms. The zero-order valence-corrected chi connectivity index (χ0v) is 8.61. The first-order valence-corrected chi connectivity index (χ1v) is 6.48. The highest BCUT2D eigenvalue weighted by Crippen LogP contribution is 2.37. The molecule has 2 heteroatoms. The molecule has 0 aromatic heterocycles. The molecule has 0 amide bonds. The van der Waals surface area contributed by atoms with Crippen molar-refractivity contribution in [2.24, 2.45) is 5.92 Å². The van der Waals surface area contributed by atoms with Gasteiger partial charge in [0.1, 0.15) is 0 Å². The second-order valence-corrected chi connectivity index (χ2v) is 6.24. The van der Waals surface area contributed by atoms with Gasteiger partial charge in [-0.2, -0.15) is 0 Å². The predicted molar refractivity (Wildman–Crippen MR) is 52.6 cm³/mol. The molecule has 2 heterocycles. The Balaban J connectivity index is 2.07. The normalized spacial score (nSPS) is 47.4. The highest BCUT2D eigenvalue weighted by atomic mass is 32.2. The Kier molecular flexibility index (Phi) is 2.54. The molecule has 0 spiro atoms. The Bertz CT molecular complexity index is 174. The summed E-state index contributed by atoms with van der Waals surface area (Å²) >= 11 is 0. The van der Waals surface area contributed by atoms with Crippen molar-refractivity contribution in [1.29, 1.82) is 0 Å². The van der Waals surface area contributed by atoms with Gasteiger partial charge in [0, 0.05) is 21.3 Å². The minimum Gasteiger partial charge on any atom is -0.259 e. The highest BCUT2D eigenvalue weighted by molar-refractivity contribution is 7.86. The van der Waals surface area contributed by atoms with Gasteiger partial charge in [-0.15, -0.1) is 0 Å². The number of hydrogen-bond acceptors (Lipinski definition) is 1. The molecule has 2 rings (SSSR count). The third kappa shape index (κ3) is 1.46. The van der Waals surface area contributed by atoms with E-state index in [1.54, 1.807) is 0 Å². The maximum Gasteiger partial charge on any atom is 0.0353 e. The van der Waals surface area contributed by atoms with Crippen molar-refractivity contribution in [3.63, 3.8) is 0 Å². The lowest BCUT2D eigenvalue weighted by Gasteiger charge is -2.37. The molecule has 0 aromatic rings. The predicted octanol–water partition coefficient (Wildman–Crippen LogP) is 2.48. The average molecular weight is 186 g/mol. The van der Waals surface area contributed by atoms with Crippen LogP contribution >= 0.6 is 0 Å². The molecule has 0 radical (unpaired) electrons. The SMILES string of the molecule is CCC1CC2CCCC(C1)S2=O. The van der Waals surface area contributed by atoms with Crippen LogP contribution in [0.1, 0.15) is 45.4 Å². The molecule has 2 fully saturated rings. The monoisotopic (exact) mass is 186 g/mol. The highest BCUT2D eigenvalue weighted by Gasteiger charge is 2.36. The topological polar surface area (TPSA) is 17.1 Å². The summed E-state index contributed by atoms with van der Waals surface area (Å²) in [5.74, 6) is 0.887. The second-order valence-electron chi connectivity index (χ2n) is 4.25. The third-order valence-electron chi connectivity index (χ3n) is 3.48. The van der Waals surface area contributed by atoms with Crippen molar-refractivity contribution in [2.45, 2.75) is 55.9 Å². The third-order valence-corrected chi connectivity index (χ3v) is 5.65. The summed E-state index contributed by atoms with van der Waals surface area (Å²) in [6.45, 7) is 2.27. The zero-order valence-electron chi connectivity index (χ0n) is 7.79. The van der Waals surface area contributed by atoms with Crippen molar-refractivity contribution in [3.8, 4) is 0 Å². The van der Waals surface area contributed by atoms with E-state index in [1.807, 2.05) is 0 Å². The molecule has 1 nitrogen and oxygen atoms in total. The summed E-state index contributed by atoms with van der Waals surface area (Å²) in [5, 5.41) is 1.14. The van der Waals surface area contributed by atoms with Gasteiger partial charge in [0.2, 0.25) is 0 Å². The first-order valence-electron chi connectivity index (χ1n) is 5.20. The van der Waals surface area contributed by atoms with Crippen molar-refractivity contribution >= 4 is 10.8 Å². The molecule has 2 saturated heterocycles. The van der Waals surface area contributed by atoms with Crippen LogP contribution in [0.25, 0.3) is 0 Å². The maximum absolute atomic E-state index is 11.8. The summed E-state index contributed by atoms with van der Waals surface area (Å²) < 4.78 is 11.8. The van der Waals surface area contributed by atoms with E-state index in [-0.39, 0.29) is 0 Å².